The zero-order valence-corrected chi connectivity index (χ0v) is 30.3. The standard InChI is InChI=1S/C39H53N5O7/c1-26(2)21-31(35(46)39(4)25-51-39)41-37(48)33(23-29-13-9-6-10-14-29)44-27(3)22-32(38(44)49)42-36(47)30(16-15-28-11-7-5-8-12-28)40-34(45)24-43-17-19-50-20-18-43/h5-14,26-27,30-33H,15-25H2,1-4H3,(H,40,45)(H,41,48)(H,42,47)/t27?,30-,31+,32-,33+,39+/m0/s1. The van der Waals surface area contributed by atoms with Crippen LogP contribution in [0.4, 0.5) is 0 Å². The monoisotopic (exact) mass is 703 g/mol. The lowest BCUT2D eigenvalue weighted by molar-refractivity contribution is -0.142. The number of likely N-dealkylation sites (tertiary alicyclic amines) is 1. The molecular formula is C39H53N5O7. The molecular weight excluding hydrogens is 650 g/mol. The molecule has 1 unspecified atom stereocenters. The molecule has 6 atom stereocenters. The van der Waals surface area contributed by atoms with E-state index in [1.165, 1.54) is 0 Å². The maximum absolute atomic E-state index is 14.2. The average Bonchev–Trinajstić information content (AvgIpc) is 3.81. The largest absolute Gasteiger partial charge is 0.379 e. The molecule has 3 aliphatic heterocycles. The molecule has 12 nitrogen and oxygen atoms in total. The second-order valence-corrected chi connectivity index (χ2v) is 14.7. The fraction of sp³-hybridized carbons (Fsp3) is 0.564. The van der Waals surface area contributed by atoms with Gasteiger partial charge in [0.05, 0.1) is 32.4 Å². The van der Waals surface area contributed by atoms with Crippen molar-refractivity contribution in [1.82, 2.24) is 25.8 Å². The van der Waals surface area contributed by atoms with Gasteiger partial charge in [-0.15, -0.1) is 0 Å². The van der Waals surface area contributed by atoms with Crippen LogP contribution >= 0.6 is 0 Å². The second kappa shape index (κ2) is 17.4. The number of ether oxygens (including phenoxy) is 2. The van der Waals surface area contributed by atoms with Gasteiger partial charge in [0.1, 0.15) is 23.7 Å². The third kappa shape index (κ3) is 10.5. The molecule has 3 saturated heterocycles. The van der Waals surface area contributed by atoms with Crippen LogP contribution in [-0.2, 0) is 46.3 Å². The number of rotatable bonds is 17. The first-order valence-electron chi connectivity index (χ1n) is 18.2. The summed E-state index contributed by atoms with van der Waals surface area (Å²) in [7, 11) is 0. The first-order valence-corrected chi connectivity index (χ1v) is 18.2. The molecule has 2 aromatic rings. The van der Waals surface area contributed by atoms with Gasteiger partial charge in [-0.2, -0.15) is 0 Å². The minimum absolute atomic E-state index is 0.130. The fourth-order valence-electron chi connectivity index (χ4n) is 6.98. The molecule has 12 heteroatoms. The van der Waals surface area contributed by atoms with Crippen molar-refractivity contribution in [3.8, 4) is 0 Å². The third-order valence-electron chi connectivity index (χ3n) is 9.96. The number of hydrogen-bond acceptors (Lipinski definition) is 8. The van der Waals surface area contributed by atoms with Crippen LogP contribution in [0.2, 0.25) is 0 Å². The maximum atomic E-state index is 14.2. The highest BCUT2D eigenvalue weighted by molar-refractivity contribution is 5.99. The Balaban J connectivity index is 1.31. The molecule has 5 rings (SSSR count). The van der Waals surface area contributed by atoms with E-state index in [1.54, 1.807) is 11.8 Å². The zero-order valence-electron chi connectivity index (χ0n) is 30.3. The van der Waals surface area contributed by atoms with Crippen LogP contribution < -0.4 is 16.0 Å². The van der Waals surface area contributed by atoms with Gasteiger partial charge in [0.25, 0.3) is 0 Å². The van der Waals surface area contributed by atoms with Gasteiger partial charge in [-0.3, -0.25) is 28.9 Å². The number of aryl methyl sites for hydroxylation is 1. The number of benzene rings is 2. The lowest BCUT2D eigenvalue weighted by Gasteiger charge is -2.33. The van der Waals surface area contributed by atoms with Crippen molar-refractivity contribution in [2.24, 2.45) is 5.92 Å². The predicted octanol–water partition coefficient (Wildman–Crippen LogP) is 2.04. The molecule has 0 bridgehead atoms. The normalized spacial score (nSPS) is 23.7. The van der Waals surface area contributed by atoms with Crippen molar-refractivity contribution < 1.29 is 33.4 Å². The van der Waals surface area contributed by atoms with Gasteiger partial charge in [0, 0.05) is 25.6 Å². The lowest BCUT2D eigenvalue weighted by Crippen LogP contribution is -2.57. The van der Waals surface area contributed by atoms with E-state index in [-0.39, 0.29) is 48.9 Å². The highest BCUT2D eigenvalue weighted by atomic mass is 16.6. The van der Waals surface area contributed by atoms with Gasteiger partial charge < -0.3 is 30.3 Å². The van der Waals surface area contributed by atoms with Crippen LogP contribution in [-0.4, -0.2) is 114 Å². The summed E-state index contributed by atoms with van der Waals surface area (Å²) in [6.45, 7) is 10.4. The van der Waals surface area contributed by atoms with E-state index in [0.29, 0.717) is 52.2 Å². The Kier molecular flexibility index (Phi) is 13.0. The smallest absolute Gasteiger partial charge is 0.246 e. The molecule has 3 fully saturated rings. The summed E-state index contributed by atoms with van der Waals surface area (Å²) in [6.07, 6.45) is 1.86. The van der Waals surface area contributed by atoms with Gasteiger partial charge >= 0.3 is 0 Å². The van der Waals surface area contributed by atoms with Crippen LogP contribution in [0.5, 0.6) is 0 Å². The van der Waals surface area contributed by atoms with Crippen LogP contribution in [0.3, 0.4) is 0 Å². The topological polar surface area (TPSA) is 150 Å². The van der Waals surface area contributed by atoms with Crippen molar-refractivity contribution >= 4 is 29.4 Å². The highest BCUT2D eigenvalue weighted by Crippen LogP contribution is 2.30. The van der Waals surface area contributed by atoms with Crippen LogP contribution in [0.25, 0.3) is 0 Å². The quantitative estimate of drug-likeness (QED) is 0.212. The number of carbonyl (C=O) groups excluding carboxylic acids is 5. The number of ketones is 1. The van der Waals surface area contributed by atoms with E-state index in [4.69, 9.17) is 9.47 Å². The predicted molar refractivity (Wildman–Crippen MR) is 191 cm³/mol. The lowest BCUT2D eigenvalue weighted by atomic mass is 9.92. The molecule has 0 saturated carbocycles. The molecule has 3 N–H and O–H groups in total. The van der Waals surface area contributed by atoms with Crippen LogP contribution in [0.1, 0.15) is 58.1 Å². The van der Waals surface area contributed by atoms with E-state index >= 15 is 0 Å². The maximum Gasteiger partial charge on any atom is 0.246 e. The summed E-state index contributed by atoms with van der Waals surface area (Å²) in [5.74, 6) is -1.56. The third-order valence-corrected chi connectivity index (χ3v) is 9.96. The van der Waals surface area contributed by atoms with Gasteiger partial charge in [-0.05, 0) is 56.6 Å². The molecule has 2 aromatic carbocycles. The van der Waals surface area contributed by atoms with E-state index in [2.05, 4.69) is 16.0 Å². The van der Waals surface area contributed by atoms with E-state index in [1.807, 2.05) is 86.3 Å². The molecule has 3 heterocycles. The number of amides is 4. The summed E-state index contributed by atoms with van der Waals surface area (Å²) < 4.78 is 10.8. The van der Waals surface area contributed by atoms with Gasteiger partial charge in [-0.1, -0.05) is 74.5 Å². The average molecular weight is 704 g/mol. The van der Waals surface area contributed by atoms with Crippen LogP contribution in [0, 0.1) is 5.92 Å². The molecule has 0 radical (unpaired) electrons. The number of epoxide rings is 1. The van der Waals surface area contributed by atoms with Crippen molar-refractivity contribution in [3.63, 3.8) is 0 Å². The molecule has 0 aromatic heterocycles. The summed E-state index contributed by atoms with van der Waals surface area (Å²) >= 11 is 0. The summed E-state index contributed by atoms with van der Waals surface area (Å²) in [5.41, 5.74) is 0.974. The number of nitrogens with zero attached hydrogens (tertiary/aromatic N) is 2. The van der Waals surface area contributed by atoms with E-state index in [9.17, 15) is 24.0 Å². The van der Waals surface area contributed by atoms with E-state index in [0.717, 1.165) is 11.1 Å². The second-order valence-electron chi connectivity index (χ2n) is 14.7. The Morgan fingerprint density at radius 2 is 1.53 bits per heavy atom. The number of hydrogen-bond donors (Lipinski definition) is 3. The molecule has 0 aliphatic carbocycles. The van der Waals surface area contributed by atoms with Gasteiger partial charge in [0.15, 0.2) is 5.78 Å². The molecule has 51 heavy (non-hydrogen) atoms. The van der Waals surface area contributed by atoms with Crippen molar-refractivity contribution in [3.05, 3.63) is 71.8 Å². The fourth-order valence-corrected chi connectivity index (χ4v) is 6.98. The number of nitrogens with one attached hydrogen (secondary N) is 3. The molecule has 276 valence electrons. The minimum Gasteiger partial charge on any atom is -0.379 e. The SMILES string of the molecule is CC(C)C[C@@H](NC(=O)[C@@H](Cc1ccccc1)N1C(=O)[C@@H](NC(=O)[C@H](CCc2ccccc2)NC(=O)CN2CCOCC2)CC1C)C(=O)[C@@]1(C)CO1. The van der Waals surface area contributed by atoms with Gasteiger partial charge in [-0.25, -0.2) is 0 Å². The zero-order chi connectivity index (χ0) is 36.5. The van der Waals surface area contributed by atoms with Crippen molar-refractivity contribution in [2.45, 2.75) is 95.6 Å². The van der Waals surface area contributed by atoms with Crippen LogP contribution in [0.15, 0.2) is 60.7 Å². The molecule has 4 amide bonds. The van der Waals surface area contributed by atoms with Gasteiger partial charge in [0.2, 0.25) is 23.6 Å². The summed E-state index contributed by atoms with van der Waals surface area (Å²) in [4.78, 5) is 72.3. The summed E-state index contributed by atoms with van der Waals surface area (Å²) in [6, 6.07) is 15.3. The molecule has 0 spiro atoms. The first kappa shape index (κ1) is 38.1. The van der Waals surface area contributed by atoms with Crippen molar-refractivity contribution in [2.75, 3.05) is 39.5 Å². The Labute approximate surface area is 301 Å². The Morgan fingerprint density at radius 3 is 2.14 bits per heavy atom. The first-order chi connectivity index (χ1) is 24.4. The summed E-state index contributed by atoms with van der Waals surface area (Å²) in [5, 5.41) is 8.83. The number of carbonyl (C=O) groups is 5. The molecule has 3 aliphatic rings. The minimum atomic E-state index is -0.922. The Hall–Kier alpha value is -4.13. The number of morpholine rings is 1. The van der Waals surface area contributed by atoms with Crippen molar-refractivity contribution in [1.29, 1.82) is 0 Å². The Bertz CT molecular complexity index is 1510. The number of Topliss-reactive ketones (excluding diaryl/α,β-unsaturated/α-hetero) is 1. The highest BCUT2D eigenvalue weighted by Gasteiger charge is 2.51. The van der Waals surface area contributed by atoms with E-state index < -0.39 is 41.6 Å². The Morgan fingerprint density at radius 1 is 0.902 bits per heavy atom.